The normalized spacial score (nSPS) is 23.7. The second kappa shape index (κ2) is 6.44. The minimum atomic E-state index is -0.814. The number of allylic oxidation sites excluding steroid dienone is 2. The molecule has 0 aromatic heterocycles. The fourth-order valence-corrected chi connectivity index (χ4v) is 5.13. The van der Waals surface area contributed by atoms with Gasteiger partial charge in [-0.1, -0.05) is 38.1 Å². The largest absolute Gasteiger partial charge is 0.508 e. The summed E-state index contributed by atoms with van der Waals surface area (Å²) in [5, 5.41) is 22.1. The lowest BCUT2D eigenvalue weighted by atomic mass is 9.66. The number of phenols is 1. The number of hydrogen-bond donors (Lipinski definition) is 1. The smallest absolute Gasteiger partial charge is 0.269 e. The Morgan fingerprint density at radius 2 is 1.77 bits per heavy atom. The van der Waals surface area contributed by atoms with Crippen LogP contribution in [0.4, 0.5) is 5.69 Å². The van der Waals surface area contributed by atoms with Crippen LogP contribution in [-0.2, 0) is 4.79 Å². The summed E-state index contributed by atoms with van der Waals surface area (Å²) in [4.78, 5) is 42.4. The van der Waals surface area contributed by atoms with Crippen LogP contribution in [0, 0.1) is 21.4 Å². The predicted molar refractivity (Wildman–Crippen MR) is 113 cm³/mol. The highest BCUT2D eigenvalue weighted by Gasteiger charge is 2.51. The average molecular weight is 416 g/mol. The topological polar surface area (TPSA) is 110 Å². The summed E-state index contributed by atoms with van der Waals surface area (Å²) in [6, 6.07) is 10.9. The lowest BCUT2D eigenvalue weighted by Gasteiger charge is -2.38. The molecule has 0 saturated carbocycles. The van der Waals surface area contributed by atoms with Gasteiger partial charge in [0.25, 0.3) is 5.69 Å². The van der Waals surface area contributed by atoms with Crippen molar-refractivity contribution in [2.45, 2.75) is 32.6 Å². The Labute approximate surface area is 178 Å². The molecule has 2 aliphatic carbocycles. The maximum atomic E-state index is 13.4. The Morgan fingerprint density at radius 3 is 2.48 bits per heavy atom. The number of rotatable bonds is 2. The van der Waals surface area contributed by atoms with Crippen LogP contribution in [0.2, 0.25) is 0 Å². The zero-order chi connectivity index (χ0) is 22.1. The van der Waals surface area contributed by atoms with Crippen molar-refractivity contribution in [1.29, 1.82) is 0 Å². The molecule has 2 aromatic rings. The third-order valence-corrected chi connectivity index (χ3v) is 6.40. The molecular weight excluding hydrogens is 396 g/mol. The number of carbonyl (C=O) groups is 2. The van der Waals surface area contributed by atoms with E-state index in [9.17, 15) is 24.8 Å². The number of aromatic hydroxyl groups is 1. The zero-order valence-electron chi connectivity index (χ0n) is 17.1. The van der Waals surface area contributed by atoms with E-state index >= 15 is 0 Å². The summed E-state index contributed by atoms with van der Waals surface area (Å²) in [6.07, 6.45) is 0.837. The number of non-ortho nitro benzene ring substituents is 1. The summed E-state index contributed by atoms with van der Waals surface area (Å²) < 4.78 is 0. The van der Waals surface area contributed by atoms with Crippen LogP contribution in [0.15, 0.2) is 58.7 Å². The zero-order valence-corrected chi connectivity index (χ0v) is 17.1. The Morgan fingerprint density at radius 1 is 1.06 bits per heavy atom. The highest BCUT2D eigenvalue weighted by molar-refractivity contribution is 6.30. The van der Waals surface area contributed by atoms with Crippen molar-refractivity contribution in [3.05, 3.63) is 80.5 Å². The second-order valence-electron chi connectivity index (χ2n) is 9.16. The van der Waals surface area contributed by atoms with E-state index in [1.54, 1.807) is 12.1 Å². The molecule has 1 heterocycles. The van der Waals surface area contributed by atoms with Gasteiger partial charge in [0.2, 0.25) is 0 Å². The van der Waals surface area contributed by atoms with E-state index in [4.69, 9.17) is 4.99 Å². The minimum absolute atomic E-state index is 0.131. The number of aliphatic imine (C=N–C) groups is 1. The van der Waals surface area contributed by atoms with Crippen LogP contribution in [0.1, 0.15) is 54.1 Å². The molecule has 1 N–H and O–H groups in total. The van der Waals surface area contributed by atoms with Crippen LogP contribution in [-0.4, -0.2) is 27.3 Å². The van der Waals surface area contributed by atoms with Gasteiger partial charge in [0, 0.05) is 52.4 Å². The van der Waals surface area contributed by atoms with Crippen molar-refractivity contribution in [1.82, 2.24) is 0 Å². The average Bonchev–Trinajstić information content (AvgIpc) is 2.98. The number of fused-ring (bicyclic) bond motifs is 3. The van der Waals surface area contributed by atoms with Crippen molar-refractivity contribution in [3.63, 3.8) is 0 Å². The molecule has 1 aliphatic heterocycles. The first-order chi connectivity index (χ1) is 14.7. The monoisotopic (exact) mass is 416 g/mol. The molecule has 0 amide bonds. The number of benzene rings is 2. The first-order valence-electron chi connectivity index (χ1n) is 10.1. The summed E-state index contributed by atoms with van der Waals surface area (Å²) in [7, 11) is 0. The van der Waals surface area contributed by atoms with E-state index in [1.165, 1.54) is 18.2 Å². The van der Waals surface area contributed by atoms with Crippen LogP contribution < -0.4 is 0 Å². The van der Waals surface area contributed by atoms with Crippen molar-refractivity contribution >= 4 is 23.0 Å². The van der Waals surface area contributed by atoms with Crippen molar-refractivity contribution in [2.24, 2.45) is 16.3 Å². The second-order valence-corrected chi connectivity index (χ2v) is 9.16. The molecule has 0 unspecified atom stereocenters. The van der Waals surface area contributed by atoms with E-state index in [0.717, 1.165) is 5.56 Å². The van der Waals surface area contributed by atoms with Crippen LogP contribution in [0.5, 0.6) is 5.75 Å². The standard InChI is InChI=1S/C24H20N2O5/c1-24(2)10-16-20(18(28)11-24)19(15-9-12(26(30)31)7-8-17(15)27)21-22(25-16)13-5-3-4-6-14(13)23(21)29/h3-9,19,21,27H,10-11H2,1-2H3/t19-,21+/m0/s1. The minimum Gasteiger partial charge on any atom is -0.508 e. The van der Waals surface area contributed by atoms with Crippen molar-refractivity contribution in [2.75, 3.05) is 0 Å². The lowest BCUT2D eigenvalue weighted by Crippen LogP contribution is -2.37. The molecule has 31 heavy (non-hydrogen) atoms. The SMILES string of the molecule is CC1(C)CC(=O)C2=C(C1)N=C1c3ccccc3C(=O)[C@@H]1[C@H]2c1cc([N+](=O)[O-])ccc1O. The quantitative estimate of drug-likeness (QED) is 0.578. The van der Waals surface area contributed by atoms with Gasteiger partial charge in [-0.3, -0.25) is 24.7 Å². The van der Waals surface area contributed by atoms with Gasteiger partial charge in [0.15, 0.2) is 11.6 Å². The van der Waals surface area contributed by atoms with Crippen molar-refractivity contribution < 1.29 is 19.6 Å². The van der Waals surface area contributed by atoms with Gasteiger partial charge < -0.3 is 5.11 Å². The molecule has 0 saturated heterocycles. The lowest BCUT2D eigenvalue weighted by molar-refractivity contribution is -0.385. The first kappa shape index (κ1) is 19.4. The number of ketones is 2. The number of nitro benzene ring substituents is 1. The number of nitro groups is 1. The van der Waals surface area contributed by atoms with Gasteiger partial charge in [0.1, 0.15) is 5.75 Å². The maximum absolute atomic E-state index is 13.4. The molecule has 156 valence electrons. The summed E-state index contributed by atoms with van der Waals surface area (Å²) in [5.41, 5.74) is 2.53. The van der Waals surface area contributed by atoms with Gasteiger partial charge in [-0.25, -0.2) is 0 Å². The van der Waals surface area contributed by atoms with E-state index in [2.05, 4.69) is 0 Å². The molecule has 0 spiro atoms. The summed E-state index contributed by atoms with van der Waals surface area (Å²) in [5.74, 6) is -2.10. The molecule has 0 fully saturated rings. The number of phenolic OH excluding ortho intramolecular Hbond substituents is 1. The van der Waals surface area contributed by atoms with E-state index in [-0.39, 0.29) is 40.4 Å². The number of nitrogens with zero attached hydrogens (tertiary/aromatic N) is 2. The molecule has 7 heteroatoms. The van der Waals surface area contributed by atoms with Crippen LogP contribution >= 0.6 is 0 Å². The maximum Gasteiger partial charge on any atom is 0.269 e. The number of carbonyl (C=O) groups excluding carboxylic acids is 2. The Bertz CT molecular complexity index is 1250. The van der Waals surface area contributed by atoms with Crippen LogP contribution in [0.25, 0.3) is 0 Å². The molecule has 2 atom stereocenters. The molecule has 0 bridgehead atoms. The van der Waals surface area contributed by atoms with Gasteiger partial charge in [-0.2, -0.15) is 0 Å². The summed E-state index contributed by atoms with van der Waals surface area (Å²) >= 11 is 0. The van der Waals surface area contributed by atoms with E-state index in [1.807, 2.05) is 26.0 Å². The van der Waals surface area contributed by atoms with Crippen molar-refractivity contribution in [3.8, 4) is 5.75 Å². The van der Waals surface area contributed by atoms with Gasteiger partial charge in [0.05, 0.1) is 16.6 Å². The third kappa shape index (κ3) is 2.84. The van der Waals surface area contributed by atoms with Crippen LogP contribution in [0.3, 0.4) is 0 Å². The molecule has 2 aromatic carbocycles. The first-order valence-corrected chi connectivity index (χ1v) is 10.1. The molecule has 3 aliphatic rings. The highest BCUT2D eigenvalue weighted by atomic mass is 16.6. The Balaban J connectivity index is 1.80. The van der Waals surface area contributed by atoms with E-state index < -0.39 is 16.8 Å². The molecule has 0 radical (unpaired) electrons. The fourth-order valence-electron chi connectivity index (χ4n) is 5.13. The third-order valence-electron chi connectivity index (χ3n) is 6.40. The Kier molecular flexibility index (Phi) is 4.02. The highest BCUT2D eigenvalue weighted by Crippen LogP contribution is 2.52. The molecule has 5 rings (SSSR count). The van der Waals surface area contributed by atoms with Gasteiger partial charge >= 0.3 is 0 Å². The number of Topliss-reactive ketones (excluding diaryl/α,β-unsaturated/α-hetero) is 2. The molecule has 7 nitrogen and oxygen atoms in total. The number of hydrogen-bond acceptors (Lipinski definition) is 6. The van der Waals surface area contributed by atoms with Gasteiger partial charge in [-0.15, -0.1) is 0 Å². The molecular formula is C24H20N2O5. The Hall–Kier alpha value is -3.61. The fraction of sp³-hybridized carbons (Fsp3) is 0.292. The predicted octanol–water partition coefficient (Wildman–Crippen LogP) is 4.34. The summed E-state index contributed by atoms with van der Waals surface area (Å²) in [6.45, 7) is 3.99. The van der Waals surface area contributed by atoms with Gasteiger partial charge in [-0.05, 0) is 17.9 Å². The van der Waals surface area contributed by atoms with E-state index in [0.29, 0.717) is 29.0 Å².